The van der Waals surface area contributed by atoms with Crippen molar-refractivity contribution in [3.05, 3.63) is 29.8 Å². The molecule has 1 fully saturated rings. The predicted octanol–water partition coefficient (Wildman–Crippen LogP) is 1.26. The van der Waals surface area contributed by atoms with Crippen molar-refractivity contribution in [1.29, 1.82) is 0 Å². The molecular weight excluding hydrogens is 342 g/mol. The molecule has 2 N–H and O–H groups in total. The van der Waals surface area contributed by atoms with Crippen LogP contribution in [0.4, 0.5) is 5.69 Å². The minimum atomic E-state index is -3.28. The smallest absolute Gasteiger partial charge is 0.251 e. The molecule has 2 amide bonds. The maximum absolute atomic E-state index is 12.2. The number of anilines is 1. The molecule has 0 spiro atoms. The van der Waals surface area contributed by atoms with E-state index in [9.17, 15) is 18.0 Å². The second-order valence-corrected chi connectivity index (χ2v) is 8.19. The molecule has 1 aromatic rings. The molecule has 1 unspecified atom stereocenters. The molecule has 1 heterocycles. The van der Waals surface area contributed by atoms with Gasteiger partial charge in [-0.2, -0.15) is 0 Å². The average Bonchev–Trinajstić information content (AvgIpc) is 2.94. The van der Waals surface area contributed by atoms with Crippen molar-refractivity contribution in [2.75, 3.05) is 23.1 Å². The number of carbonyl (C=O) groups is 2. The number of hydrogen-bond donors (Lipinski definition) is 2. The molecule has 7 nitrogen and oxygen atoms in total. The Hall–Kier alpha value is -2.09. The molecule has 0 radical (unpaired) electrons. The number of rotatable bonds is 7. The molecule has 1 aromatic carbocycles. The Balaban J connectivity index is 1.92. The van der Waals surface area contributed by atoms with E-state index in [1.54, 1.807) is 24.3 Å². The quantitative estimate of drug-likeness (QED) is 0.758. The normalized spacial score (nSPS) is 17.1. The van der Waals surface area contributed by atoms with E-state index in [1.165, 1.54) is 4.31 Å². The van der Waals surface area contributed by atoms with Gasteiger partial charge in [0.1, 0.15) is 0 Å². The van der Waals surface area contributed by atoms with Crippen molar-refractivity contribution in [2.45, 2.75) is 39.2 Å². The lowest BCUT2D eigenvalue weighted by atomic mass is 10.2. The lowest BCUT2D eigenvalue weighted by Gasteiger charge is -2.17. The zero-order valence-corrected chi connectivity index (χ0v) is 15.4. The van der Waals surface area contributed by atoms with Gasteiger partial charge in [-0.25, -0.2) is 8.42 Å². The summed E-state index contributed by atoms with van der Waals surface area (Å²) in [5.41, 5.74) is 0.876. The van der Waals surface area contributed by atoms with E-state index in [4.69, 9.17) is 0 Å². The number of benzene rings is 1. The summed E-state index contributed by atoms with van der Waals surface area (Å²) in [5, 5.41) is 5.53. The summed E-state index contributed by atoms with van der Waals surface area (Å²) in [7, 11) is -3.28. The summed E-state index contributed by atoms with van der Waals surface area (Å²) in [6.45, 7) is 4.57. The first-order chi connectivity index (χ1) is 11.8. The summed E-state index contributed by atoms with van der Waals surface area (Å²) in [4.78, 5) is 23.9. The van der Waals surface area contributed by atoms with Gasteiger partial charge in [-0.1, -0.05) is 13.0 Å². The summed E-state index contributed by atoms with van der Waals surface area (Å²) < 4.78 is 25.3. The second kappa shape index (κ2) is 8.33. The molecule has 0 saturated carbocycles. The van der Waals surface area contributed by atoms with E-state index >= 15 is 0 Å². The van der Waals surface area contributed by atoms with Crippen molar-refractivity contribution in [3.63, 3.8) is 0 Å². The third-order valence-corrected chi connectivity index (χ3v) is 6.02. The fourth-order valence-electron chi connectivity index (χ4n) is 2.57. The summed E-state index contributed by atoms with van der Waals surface area (Å²) in [6.07, 6.45) is 1.64. The number of nitrogens with one attached hydrogen (secondary N) is 2. The van der Waals surface area contributed by atoms with Crippen LogP contribution in [0.25, 0.3) is 0 Å². The third kappa shape index (κ3) is 5.19. The first-order valence-corrected chi connectivity index (χ1v) is 10.1. The van der Waals surface area contributed by atoms with Crippen molar-refractivity contribution in [3.8, 4) is 0 Å². The van der Waals surface area contributed by atoms with Gasteiger partial charge < -0.3 is 10.6 Å². The summed E-state index contributed by atoms with van der Waals surface area (Å²) in [6, 6.07) is 6.65. The van der Waals surface area contributed by atoms with Crippen LogP contribution in [0.2, 0.25) is 0 Å². The minimum absolute atomic E-state index is 0.105. The van der Waals surface area contributed by atoms with Gasteiger partial charge in [-0.15, -0.1) is 0 Å². The highest BCUT2D eigenvalue weighted by Gasteiger charge is 2.28. The van der Waals surface area contributed by atoms with Crippen LogP contribution in [-0.4, -0.2) is 45.1 Å². The van der Waals surface area contributed by atoms with E-state index in [1.807, 2.05) is 13.8 Å². The molecule has 1 aliphatic rings. The van der Waals surface area contributed by atoms with Crippen LogP contribution in [0.5, 0.6) is 0 Å². The fraction of sp³-hybridized carbons (Fsp3) is 0.529. The zero-order chi connectivity index (χ0) is 18.4. The van der Waals surface area contributed by atoms with E-state index < -0.39 is 10.0 Å². The first kappa shape index (κ1) is 19.2. The molecular formula is C17H25N3O4S. The topological polar surface area (TPSA) is 95.6 Å². The van der Waals surface area contributed by atoms with Gasteiger partial charge in [0.2, 0.25) is 15.9 Å². The SMILES string of the molecule is CCC(C)NC(=O)CCNC(=O)c1cccc(N2CCCS2(=O)=O)c1. The number of hydrogen-bond acceptors (Lipinski definition) is 4. The zero-order valence-electron chi connectivity index (χ0n) is 14.6. The molecule has 2 rings (SSSR count). The van der Waals surface area contributed by atoms with Crippen LogP contribution < -0.4 is 14.9 Å². The van der Waals surface area contributed by atoms with E-state index in [0.29, 0.717) is 24.2 Å². The number of carbonyl (C=O) groups excluding carboxylic acids is 2. The lowest BCUT2D eigenvalue weighted by molar-refractivity contribution is -0.121. The Morgan fingerprint density at radius 2 is 2.08 bits per heavy atom. The van der Waals surface area contributed by atoms with E-state index in [2.05, 4.69) is 10.6 Å². The molecule has 8 heteroatoms. The Morgan fingerprint density at radius 1 is 1.32 bits per heavy atom. The highest BCUT2D eigenvalue weighted by Crippen LogP contribution is 2.24. The van der Waals surface area contributed by atoms with Crippen molar-refractivity contribution < 1.29 is 18.0 Å². The van der Waals surface area contributed by atoms with Gasteiger partial charge in [0, 0.05) is 31.1 Å². The number of nitrogens with zero attached hydrogens (tertiary/aromatic N) is 1. The Labute approximate surface area is 148 Å². The molecule has 25 heavy (non-hydrogen) atoms. The van der Waals surface area contributed by atoms with Gasteiger partial charge in [-0.3, -0.25) is 13.9 Å². The van der Waals surface area contributed by atoms with E-state index in [-0.39, 0.29) is 36.6 Å². The Kier molecular flexibility index (Phi) is 6.41. The lowest BCUT2D eigenvalue weighted by Crippen LogP contribution is -2.35. The van der Waals surface area contributed by atoms with E-state index in [0.717, 1.165) is 6.42 Å². The van der Waals surface area contributed by atoms with Gasteiger partial charge in [0.15, 0.2) is 0 Å². The Bertz CT molecular complexity index is 733. The van der Waals surface area contributed by atoms with Crippen LogP contribution in [0.3, 0.4) is 0 Å². The summed E-state index contributed by atoms with van der Waals surface area (Å²) in [5.74, 6) is -0.296. The van der Waals surface area contributed by atoms with Crippen LogP contribution in [0.15, 0.2) is 24.3 Å². The third-order valence-electron chi connectivity index (χ3n) is 4.15. The van der Waals surface area contributed by atoms with Crippen molar-refractivity contribution in [1.82, 2.24) is 10.6 Å². The molecule has 0 bridgehead atoms. The molecule has 0 aromatic heterocycles. The predicted molar refractivity (Wildman–Crippen MR) is 97.0 cm³/mol. The number of sulfonamides is 1. The van der Waals surface area contributed by atoms with Crippen LogP contribution in [-0.2, 0) is 14.8 Å². The molecule has 0 aliphatic carbocycles. The highest BCUT2D eigenvalue weighted by atomic mass is 32.2. The highest BCUT2D eigenvalue weighted by molar-refractivity contribution is 7.93. The molecule has 1 aliphatic heterocycles. The van der Waals surface area contributed by atoms with Gasteiger partial charge in [0.25, 0.3) is 5.91 Å². The van der Waals surface area contributed by atoms with Gasteiger partial charge in [0.05, 0.1) is 11.4 Å². The second-order valence-electron chi connectivity index (χ2n) is 6.17. The first-order valence-electron chi connectivity index (χ1n) is 8.51. The Morgan fingerprint density at radius 3 is 2.72 bits per heavy atom. The molecule has 138 valence electrons. The van der Waals surface area contributed by atoms with Crippen LogP contribution in [0.1, 0.15) is 43.5 Å². The standard InChI is InChI=1S/C17H25N3O4S/c1-3-13(2)19-16(21)8-9-18-17(22)14-6-4-7-15(12-14)20-10-5-11-25(20,23)24/h4,6-7,12-13H,3,5,8-11H2,1-2H3,(H,18,22)(H,19,21). The summed E-state index contributed by atoms with van der Waals surface area (Å²) >= 11 is 0. The minimum Gasteiger partial charge on any atom is -0.354 e. The van der Waals surface area contributed by atoms with Crippen molar-refractivity contribution >= 4 is 27.5 Å². The number of amides is 2. The van der Waals surface area contributed by atoms with Gasteiger partial charge >= 0.3 is 0 Å². The van der Waals surface area contributed by atoms with Crippen LogP contribution in [0, 0.1) is 0 Å². The monoisotopic (exact) mass is 367 g/mol. The van der Waals surface area contributed by atoms with Gasteiger partial charge in [-0.05, 0) is 38.0 Å². The molecule has 1 saturated heterocycles. The van der Waals surface area contributed by atoms with Crippen molar-refractivity contribution in [2.24, 2.45) is 0 Å². The average molecular weight is 367 g/mol. The largest absolute Gasteiger partial charge is 0.354 e. The maximum Gasteiger partial charge on any atom is 0.251 e. The van der Waals surface area contributed by atoms with Crippen LogP contribution >= 0.6 is 0 Å². The maximum atomic E-state index is 12.2. The fourth-order valence-corrected chi connectivity index (χ4v) is 4.13. The molecule has 1 atom stereocenters.